The van der Waals surface area contributed by atoms with Crippen LogP contribution in [0.3, 0.4) is 0 Å². The van der Waals surface area contributed by atoms with E-state index in [1.807, 2.05) is 7.05 Å². The second-order valence-electron chi connectivity index (χ2n) is 3.47. The minimum absolute atomic E-state index is 1.00. The molecule has 0 aliphatic rings. The highest BCUT2D eigenvalue weighted by atomic mass is 79.9. The minimum atomic E-state index is 1.00. The molecule has 1 N–H and O–H groups in total. The Morgan fingerprint density at radius 3 is 2.86 bits per heavy atom. The lowest BCUT2D eigenvalue weighted by Crippen LogP contribution is -2.26. The molecule has 0 spiro atoms. The van der Waals surface area contributed by atoms with Gasteiger partial charge in [-0.05, 0) is 31.8 Å². The quantitative estimate of drug-likeness (QED) is 0.869. The largest absolute Gasteiger partial charge is 0.318 e. The van der Waals surface area contributed by atoms with Crippen molar-refractivity contribution in [1.29, 1.82) is 0 Å². The molecular weight excluding hydrogens is 240 g/mol. The summed E-state index contributed by atoms with van der Waals surface area (Å²) in [5, 5.41) is 3.14. The molecule has 0 unspecified atom stereocenters. The summed E-state index contributed by atoms with van der Waals surface area (Å²) in [5.74, 6) is 0. The van der Waals surface area contributed by atoms with Crippen molar-refractivity contribution < 1.29 is 0 Å². The molecule has 0 atom stereocenters. The summed E-state index contributed by atoms with van der Waals surface area (Å²) in [6, 6.07) is 8.44. The molecule has 1 aromatic rings. The lowest BCUT2D eigenvalue weighted by atomic mass is 10.2. The van der Waals surface area contributed by atoms with Gasteiger partial charge in [0, 0.05) is 24.1 Å². The second-order valence-corrected chi connectivity index (χ2v) is 4.39. The van der Waals surface area contributed by atoms with Crippen LogP contribution < -0.4 is 5.32 Å². The molecule has 14 heavy (non-hydrogen) atoms. The molecule has 0 saturated carbocycles. The van der Waals surface area contributed by atoms with Gasteiger partial charge in [-0.3, -0.25) is 0 Å². The number of likely N-dealkylation sites (N-methyl/N-ethyl adjacent to an activating group) is 2. The summed E-state index contributed by atoms with van der Waals surface area (Å²) in [6.45, 7) is 3.11. The molecule has 0 saturated heterocycles. The van der Waals surface area contributed by atoms with Crippen molar-refractivity contribution >= 4 is 15.9 Å². The summed E-state index contributed by atoms with van der Waals surface area (Å²) in [7, 11) is 4.12. The molecule has 0 radical (unpaired) electrons. The molecule has 0 aliphatic carbocycles. The highest BCUT2D eigenvalue weighted by Gasteiger charge is 1.99. The van der Waals surface area contributed by atoms with Crippen LogP contribution >= 0.6 is 15.9 Å². The monoisotopic (exact) mass is 256 g/mol. The van der Waals surface area contributed by atoms with Gasteiger partial charge in [-0.1, -0.05) is 28.1 Å². The van der Waals surface area contributed by atoms with Gasteiger partial charge in [0.15, 0.2) is 0 Å². The number of hydrogen-bond acceptors (Lipinski definition) is 2. The smallest absolute Gasteiger partial charge is 0.0231 e. The Hall–Kier alpha value is -0.380. The fourth-order valence-corrected chi connectivity index (χ4v) is 1.78. The Labute approximate surface area is 94.4 Å². The van der Waals surface area contributed by atoms with Crippen molar-refractivity contribution in [3.63, 3.8) is 0 Å². The average molecular weight is 257 g/mol. The molecule has 0 aliphatic heterocycles. The number of benzene rings is 1. The third-order valence-electron chi connectivity index (χ3n) is 2.09. The van der Waals surface area contributed by atoms with Gasteiger partial charge >= 0.3 is 0 Å². The minimum Gasteiger partial charge on any atom is -0.318 e. The van der Waals surface area contributed by atoms with Gasteiger partial charge < -0.3 is 10.2 Å². The second kappa shape index (κ2) is 6.17. The highest BCUT2D eigenvalue weighted by molar-refractivity contribution is 9.10. The van der Waals surface area contributed by atoms with Crippen molar-refractivity contribution in [3.05, 3.63) is 34.3 Å². The lowest BCUT2D eigenvalue weighted by Gasteiger charge is -2.16. The van der Waals surface area contributed by atoms with Crippen LogP contribution in [0, 0.1) is 0 Å². The van der Waals surface area contributed by atoms with E-state index in [-0.39, 0.29) is 0 Å². The summed E-state index contributed by atoms with van der Waals surface area (Å²) < 4.78 is 1.15. The van der Waals surface area contributed by atoms with Crippen molar-refractivity contribution in [2.75, 3.05) is 27.2 Å². The maximum atomic E-state index is 3.47. The summed E-state index contributed by atoms with van der Waals surface area (Å²) >= 11 is 3.47. The SMILES string of the molecule is CNCCN(C)Cc1cccc(Br)c1. The highest BCUT2D eigenvalue weighted by Crippen LogP contribution is 2.12. The van der Waals surface area contributed by atoms with E-state index in [2.05, 4.69) is 57.5 Å². The molecule has 2 nitrogen and oxygen atoms in total. The van der Waals surface area contributed by atoms with E-state index < -0.39 is 0 Å². The van der Waals surface area contributed by atoms with Gasteiger partial charge in [0.2, 0.25) is 0 Å². The summed E-state index contributed by atoms with van der Waals surface area (Å²) in [6.07, 6.45) is 0. The van der Waals surface area contributed by atoms with E-state index in [9.17, 15) is 0 Å². The Morgan fingerprint density at radius 1 is 1.43 bits per heavy atom. The summed E-state index contributed by atoms with van der Waals surface area (Å²) in [5.41, 5.74) is 1.35. The molecule has 1 aromatic carbocycles. The van der Waals surface area contributed by atoms with Crippen LogP contribution in [0.1, 0.15) is 5.56 Å². The van der Waals surface area contributed by atoms with Crippen molar-refractivity contribution in [3.8, 4) is 0 Å². The van der Waals surface area contributed by atoms with E-state index in [0.29, 0.717) is 0 Å². The first-order chi connectivity index (χ1) is 6.72. The van der Waals surface area contributed by atoms with E-state index in [1.54, 1.807) is 0 Å². The van der Waals surface area contributed by atoms with Crippen LogP contribution in [0.5, 0.6) is 0 Å². The average Bonchev–Trinajstić information content (AvgIpc) is 2.15. The molecule has 1 rings (SSSR count). The molecule has 0 amide bonds. The first-order valence-electron chi connectivity index (χ1n) is 4.80. The van der Waals surface area contributed by atoms with Crippen molar-refractivity contribution in [2.24, 2.45) is 0 Å². The number of nitrogens with zero attached hydrogens (tertiary/aromatic N) is 1. The van der Waals surface area contributed by atoms with E-state index in [4.69, 9.17) is 0 Å². The number of nitrogens with one attached hydrogen (secondary N) is 1. The Kier molecular flexibility index (Phi) is 5.15. The molecule has 0 fully saturated rings. The van der Waals surface area contributed by atoms with Crippen LogP contribution in [0.2, 0.25) is 0 Å². The van der Waals surface area contributed by atoms with Gasteiger partial charge in [0.1, 0.15) is 0 Å². The van der Waals surface area contributed by atoms with Crippen LogP contribution in [0.4, 0.5) is 0 Å². The van der Waals surface area contributed by atoms with Crippen molar-refractivity contribution in [1.82, 2.24) is 10.2 Å². The summed E-state index contributed by atoms with van der Waals surface area (Å²) in [4.78, 5) is 2.30. The van der Waals surface area contributed by atoms with Gasteiger partial charge in [-0.25, -0.2) is 0 Å². The maximum Gasteiger partial charge on any atom is 0.0231 e. The fourth-order valence-electron chi connectivity index (χ4n) is 1.33. The maximum absolute atomic E-state index is 3.47. The van der Waals surface area contributed by atoms with Crippen molar-refractivity contribution in [2.45, 2.75) is 6.54 Å². The normalized spacial score (nSPS) is 10.9. The lowest BCUT2D eigenvalue weighted by molar-refractivity contribution is 0.328. The van der Waals surface area contributed by atoms with Crippen LogP contribution in [0.25, 0.3) is 0 Å². The zero-order valence-electron chi connectivity index (χ0n) is 8.76. The third kappa shape index (κ3) is 4.22. The fraction of sp³-hybridized carbons (Fsp3) is 0.455. The number of halogens is 1. The van der Waals surface area contributed by atoms with Gasteiger partial charge in [-0.15, -0.1) is 0 Å². The molecule has 0 heterocycles. The third-order valence-corrected chi connectivity index (χ3v) is 2.58. The van der Waals surface area contributed by atoms with Gasteiger partial charge in [-0.2, -0.15) is 0 Å². The predicted octanol–water partition coefficient (Wildman–Crippen LogP) is 2.10. The number of hydrogen-bond donors (Lipinski definition) is 1. The van der Waals surface area contributed by atoms with Crippen LogP contribution in [-0.4, -0.2) is 32.1 Å². The zero-order valence-corrected chi connectivity index (χ0v) is 10.3. The van der Waals surface area contributed by atoms with E-state index >= 15 is 0 Å². The molecular formula is C11H17BrN2. The Bertz CT molecular complexity index is 276. The van der Waals surface area contributed by atoms with Crippen LogP contribution in [0.15, 0.2) is 28.7 Å². The molecule has 0 aromatic heterocycles. The first kappa shape index (κ1) is 11.7. The first-order valence-corrected chi connectivity index (χ1v) is 5.59. The standard InChI is InChI=1S/C11H17BrN2/c1-13-6-7-14(2)9-10-4-3-5-11(12)8-10/h3-5,8,13H,6-7,9H2,1-2H3. The van der Waals surface area contributed by atoms with E-state index in [0.717, 1.165) is 24.1 Å². The topological polar surface area (TPSA) is 15.3 Å². The Morgan fingerprint density at radius 2 is 2.21 bits per heavy atom. The molecule has 0 bridgehead atoms. The number of rotatable bonds is 5. The predicted molar refractivity (Wildman–Crippen MR) is 64.4 cm³/mol. The molecule has 3 heteroatoms. The molecule has 78 valence electrons. The van der Waals surface area contributed by atoms with Crippen LogP contribution in [-0.2, 0) is 6.54 Å². The zero-order chi connectivity index (χ0) is 10.4. The Balaban J connectivity index is 2.43. The van der Waals surface area contributed by atoms with E-state index in [1.165, 1.54) is 5.56 Å². The van der Waals surface area contributed by atoms with Gasteiger partial charge in [0.25, 0.3) is 0 Å². The van der Waals surface area contributed by atoms with Gasteiger partial charge in [0.05, 0.1) is 0 Å².